The first-order valence-corrected chi connectivity index (χ1v) is 9.89. The Labute approximate surface area is 160 Å². The number of aromatic nitrogens is 3. The molecular formula is C19H22FN5OS. The summed E-state index contributed by atoms with van der Waals surface area (Å²) in [5.41, 5.74) is 3.08. The molecule has 8 heteroatoms. The van der Waals surface area contributed by atoms with E-state index in [1.54, 1.807) is 0 Å². The lowest BCUT2D eigenvalue weighted by Crippen LogP contribution is -2.46. The quantitative estimate of drug-likeness (QED) is 0.725. The number of hydrogen-bond donors (Lipinski definition) is 2. The van der Waals surface area contributed by atoms with E-state index in [2.05, 4.69) is 27.5 Å². The molecule has 0 radical (unpaired) electrons. The van der Waals surface area contributed by atoms with Crippen molar-refractivity contribution in [1.82, 2.24) is 25.0 Å². The second kappa shape index (κ2) is 7.01. The molecule has 0 spiro atoms. The van der Waals surface area contributed by atoms with Gasteiger partial charge in [0.15, 0.2) is 5.65 Å². The van der Waals surface area contributed by atoms with Crippen molar-refractivity contribution in [2.24, 2.45) is 0 Å². The van der Waals surface area contributed by atoms with Gasteiger partial charge in [-0.15, -0.1) is 11.3 Å². The van der Waals surface area contributed by atoms with Crippen LogP contribution in [0.1, 0.15) is 40.8 Å². The summed E-state index contributed by atoms with van der Waals surface area (Å²) in [6, 6.07) is 1.82. The minimum atomic E-state index is -0.502. The Morgan fingerprint density at radius 2 is 2.19 bits per heavy atom. The highest BCUT2D eigenvalue weighted by Gasteiger charge is 2.24. The van der Waals surface area contributed by atoms with Crippen molar-refractivity contribution in [3.05, 3.63) is 40.5 Å². The summed E-state index contributed by atoms with van der Waals surface area (Å²) < 4.78 is 16.4. The molecule has 0 aliphatic carbocycles. The number of halogens is 1. The van der Waals surface area contributed by atoms with Crippen LogP contribution in [0.25, 0.3) is 16.2 Å². The largest absolute Gasteiger partial charge is 0.348 e. The number of nitrogens with zero attached hydrogens (tertiary/aromatic N) is 3. The van der Waals surface area contributed by atoms with E-state index in [0.29, 0.717) is 16.6 Å². The van der Waals surface area contributed by atoms with E-state index < -0.39 is 5.82 Å². The molecule has 2 unspecified atom stereocenters. The van der Waals surface area contributed by atoms with Gasteiger partial charge in [-0.1, -0.05) is 0 Å². The van der Waals surface area contributed by atoms with Gasteiger partial charge in [-0.3, -0.25) is 9.78 Å². The molecule has 4 rings (SSSR count). The molecule has 2 atom stereocenters. The fraction of sp³-hybridized carbons (Fsp3) is 0.421. The minimum Gasteiger partial charge on any atom is -0.348 e. The summed E-state index contributed by atoms with van der Waals surface area (Å²) in [5.74, 6) is -0.849. The summed E-state index contributed by atoms with van der Waals surface area (Å²) in [5, 5.41) is 6.31. The number of fused-ring (bicyclic) bond motifs is 1. The molecule has 0 aromatic carbocycles. The molecule has 3 aromatic heterocycles. The van der Waals surface area contributed by atoms with Gasteiger partial charge in [0.1, 0.15) is 10.7 Å². The molecule has 1 aliphatic heterocycles. The molecule has 3 aromatic rings. The summed E-state index contributed by atoms with van der Waals surface area (Å²) in [6.45, 7) is 6.76. The molecule has 0 saturated carbocycles. The van der Waals surface area contributed by atoms with Gasteiger partial charge in [0, 0.05) is 24.5 Å². The predicted octanol–water partition coefficient (Wildman–Crippen LogP) is 3.08. The van der Waals surface area contributed by atoms with Crippen LogP contribution < -0.4 is 10.6 Å². The van der Waals surface area contributed by atoms with Crippen LogP contribution in [0.3, 0.4) is 0 Å². The smallest absolute Gasteiger partial charge is 0.264 e. The lowest BCUT2D eigenvalue weighted by Gasteiger charge is -2.28. The monoisotopic (exact) mass is 387 g/mol. The molecule has 0 bridgehead atoms. The van der Waals surface area contributed by atoms with E-state index in [-0.39, 0.29) is 16.8 Å². The van der Waals surface area contributed by atoms with Crippen molar-refractivity contribution >= 4 is 22.9 Å². The number of hydrogen-bond acceptors (Lipinski definition) is 5. The van der Waals surface area contributed by atoms with Gasteiger partial charge < -0.3 is 15.0 Å². The predicted molar refractivity (Wildman–Crippen MR) is 104 cm³/mol. The zero-order valence-corrected chi connectivity index (χ0v) is 16.4. The van der Waals surface area contributed by atoms with Crippen LogP contribution in [0.2, 0.25) is 0 Å². The fourth-order valence-corrected chi connectivity index (χ4v) is 4.48. The van der Waals surface area contributed by atoms with Crippen molar-refractivity contribution in [2.75, 3.05) is 6.54 Å². The number of aryl methyl sites for hydroxylation is 2. The van der Waals surface area contributed by atoms with Gasteiger partial charge in [-0.2, -0.15) is 0 Å². The first kappa shape index (κ1) is 18.1. The van der Waals surface area contributed by atoms with Gasteiger partial charge in [0.2, 0.25) is 0 Å². The maximum Gasteiger partial charge on any atom is 0.264 e. The van der Waals surface area contributed by atoms with Crippen LogP contribution in [-0.2, 0) is 0 Å². The van der Waals surface area contributed by atoms with Crippen molar-refractivity contribution < 1.29 is 9.18 Å². The Kier molecular flexibility index (Phi) is 4.69. The third kappa shape index (κ3) is 3.59. The molecule has 1 fully saturated rings. The van der Waals surface area contributed by atoms with Crippen LogP contribution in [0, 0.1) is 19.7 Å². The second-order valence-electron chi connectivity index (χ2n) is 7.16. The van der Waals surface area contributed by atoms with E-state index in [1.165, 1.54) is 6.07 Å². The maximum absolute atomic E-state index is 14.5. The van der Waals surface area contributed by atoms with Crippen molar-refractivity contribution in [3.63, 3.8) is 0 Å². The van der Waals surface area contributed by atoms with Crippen LogP contribution in [-0.4, -0.2) is 38.9 Å². The van der Waals surface area contributed by atoms with E-state index >= 15 is 0 Å². The van der Waals surface area contributed by atoms with Gasteiger partial charge >= 0.3 is 0 Å². The second-order valence-corrected chi connectivity index (χ2v) is 8.21. The standard InChI is InChI=1S/C19H22FN5OS/c1-10-6-13(4-5-21-10)23-19(26)17-14(20)7-16(27-17)15-9-25-8-11(2)22-12(3)18(25)24-15/h7-10,13,21H,4-6H2,1-3H3,(H,23,26). The zero-order chi connectivity index (χ0) is 19.1. The Morgan fingerprint density at radius 1 is 1.37 bits per heavy atom. The van der Waals surface area contributed by atoms with E-state index in [9.17, 15) is 9.18 Å². The highest BCUT2D eigenvalue weighted by atomic mass is 32.1. The van der Waals surface area contributed by atoms with Gasteiger partial charge in [-0.25, -0.2) is 9.37 Å². The summed E-state index contributed by atoms with van der Waals surface area (Å²) >= 11 is 1.14. The first-order chi connectivity index (χ1) is 12.9. The van der Waals surface area contributed by atoms with E-state index in [1.807, 2.05) is 30.6 Å². The molecule has 6 nitrogen and oxygen atoms in total. The summed E-state index contributed by atoms with van der Waals surface area (Å²) in [7, 11) is 0. The third-order valence-electron chi connectivity index (χ3n) is 4.83. The molecular weight excluding hydrogens is 365 g/mol. The van der Waals surface area contributed by atoms with Crippen LogP contribution in [0.15, 0.2) is 18.5 Å². The summed E-state index contributed by atoms with van der Waals surface area (Å²) in [6.07, 6.45) is 5.44. The zero-order valence-electron chi connectivity index (χ0n) is 15.5. The number of carbonyl (C=O) groups excluding carboxylic acids is 1. The van der Waals surface area contributed by atoms with E-state index in [0.717, 1.165) is 47.8 Å². The van der Waals surface area contributed by atoms with Gasteiger partial charge in [0.05, 0.1) is 22.0 Å². The number of carbonyl (C=O) groups is 1. The molecule has 142 valence electrons. The molecule has 1 aliphatic rings. The average Bonchev–Trinajstić information content (AvgIpc) is 3.18. The Bertz CT molecular complexity index is 1010. The van der Waals surface area contributed by atoms with Crippen molar-refractivity contribution in [3.8, 4) is 10.6 Å². The Balaban J connectivity index is 1.59. The topological polar surface area (TPSA) is 71.3 Å². The highest BCUT2D eigenvalue weighted by molar-refractivity contribution is 7.17. The molecule has 1 amide bonds. The van der Waals surface area contributed by atoms with E-state index in [4.69, 9.17) is 0 Å². The fourth-order valence-electron chi connectivity index (χ4n) is 3.59. The van der Waals surface area contributed by atoms with Crippen molar-refractivity contribution in [1.29, 1.82) is 0 Å². The molecule has 1 saturated heterocycles. The normalized spacial score (nSPS) is 20.1. The van der Waals surface area contributed by atoms with Crippen LogP contribution in [0.4, 0.5) is 4.39 Å². The van der Waals surface area contributed by atoms with Crippen molar-refractivity contribution in [2.45, 2.75) is 45.7 Å². The number of amides is 1. The molecule has 2 N–H and O–H groups in total. The average molecular weight is 387 g/mol. The lowest BCUT2D eigenvalue weighted by molar-refractivity contribution is 0.0926. The minimum absolute atomic E-state index is 0.0746. The number of imidazole rings is 1. The maximum atomic E-state index is 14.5. The lowest BCUT2D eigenvalue weighted by atomic mass is 10.0. The Morgan fingerprint density at radius 3 is 2.96 bits per heavy atom. The number of nitrogens with one attached hydrogen (secondary N) is 2. The number of piperidine rings is 1. The van der Waals surface area contributed by atoms with Gasteiger partial charge in [0.25, 0.3) is 5.91 Å². The Hall–Kier alpha value is -2.32. The molecule has 27 heavy (non-hydrogen) atoms. The van der Waals surface area contributed by atoms with Crippen LogP contribution in [0.5, 0.6) is 0 Å². The SMILES string of the molecule is Cc1cn2cc(-c3cc(F)c(C(=O)NC4CCNC(C)C4)s3)nc2c(C)n1. The number of thiophene rings is 1. The number of rotatable bonds is 3. The third-order valence-corrected chi connectivity index (χ3v) is 5.96. The molecule has 4 heterocycles. The highest BCUT2D eigenvalue weighted by Crippen LogP contribution is 2.31. The summed E-state index contributed by atoms with van der Waals surface area (Å²) in [4.78, 5) is 22.3. The van der Waals surface area contributed by atoms with Gasteiger partial charge in [-0.05, 0) is 46.2 Å². The first-order valence-electron chi connectivity index (χ1n) is 9.07. The van der Waals surface area contributed by atoms with Crippen LogP contribution >= 0.6 is 11.3 Å².